The number of aryl methyl sites for hydroxylation is 1. The zero-order valence-corrected chi connectivity index (χ0v) is 36.1. The Morgan fingerprint density at radius 1 is 0.597 bits per heavy atom. The van der Waals surface area contributed by atoms with Crippen LogP contribution in [0.25, 0.3) is 45.0 Å². The van der Waals surface area contributed by atoms with Gasteiger partial charge in [-0.3, -0.25) is 0 Å². The molecule has 0 saturated heterocycles. The maximum Gasteiger partial charge on any atom is 0.0484 e. The molecule has 1 unspecified atom stereocenters. The molecule has 0 spiro atoms. The van der Waals surface area contributed by atoms with Gasteiger partial charge < -0.3 is 11.5 Å². The Morgan fingerprint density at radius 2 is 1.23 bits per heavy atom. The van der Waals surface area contributed by atoms with Crippen LogP contribution in [0.5, 0.6) is 0 Å². The van der Waals surface area contributed by atoms with E-state index in [0.717, 1.165) is 58.3 Å². The van der Waals surface area contributed by atoms with Gasteiger partial charge in [-0.15, -0.1) is 0 Å². The molecule has 6 aromatic carbocycles. The fourth-order valence-corrected chi connectivity index (χ4v) is 7.27. The highest BCUT2D eigenvalue weighted by atomic mass is 14.6. The Balaban J connectivity index is 0.000000418. The van der Waals surface area contributed by atoms with E-state index < -0.39 is 0 Å². The normalized spacial score (nSPS) is 16.9. The van der Waals surface area contributed by atoms with Crippen LogP contribution in [-0.4, -0.2) is 0 Å². The van der Waals surface area contributed by atoms with Crippen molar-refractivity contribution < 1.29 is 0 Å². The highest BCUT2D eigenvalue weighted by Gasteiger charge is 2.13. The number of hydrogen-bond acceptors (Lipinski definition) is 2. The quantitative estimate of drug-likeness (QED) is 0.136. The molecule has 0 heterocycles. The SMILES string of the molecule is C=C\C=C/C=C\C1=C\C=C/C=C\CC/C(N)=C(/C=C\C)c2ccc(-c3ccc(-c4cccc(C(N)/C=C\c5ccccc5)c4)cc3)cc2C1.Cc1ccc(-c2ccccc2)cc1. The number of fused-ring (bicyclic) bond motifs is 1. The summed E-state index contributed by atoms with van der Waals surface area (Å²) in [6, 6.07) is 53.2. The molecule has 0 amide bonds. The second-order valence-electron chi connectivity index (χ2n) is 15.3. The van der Waals surface area contributed by atoms with Crippen LogP contribution in [0.4, 0.5) is 0 Å². The first kappa shape index (κ1) is 44.3. The minimum absolute atomic E-state index is 0.191. The number of benzene rings is 6. The lowest BCUT2D eigenvalue weighted by molar-refractivity contribution is 0.916. The van der Waals surface area contributed by atoms with E-state index in [2.05, 4.69) is 208 Å². The fraction of sp³-hybridized carbons (Fsp3) is 0.100. The van der Waals surface area contributed by atoms with Gasteiger partial charge in [0.1, 0.15) is 0 Å². The van der Waals surface area contributed by atoms with Crippen molar-refractivity contribution >= 4 is 11.6 Å². The molecule has 1 aliphatic carbocycles. The standard InChI is InChI=1S/C47H46N2.C13H12/c1-3-5-6-11-20-37-21-12-8-7-9-15-24-47(49)45(17-4-2)44-31-30-41(35-43(44)33-37)39-28-26-38(27-29-39)40-22-16-23-42(34-40)46(48)32-25-36-18-13-10-14-19-36;1-11-7-9-13(10-8-11)12-5-3-2-4-6-12/h3-14,16-23,25-32,34-35,46H,1,15,24,33,48-49H2,2H3;2-10H,1H3/b6-5-,9-7-,12-8-,17-4-,20-11-,32-25-,37-21-,47-45+;. The summed E-state index contributed by atoms with van der Waals surface area (Å²) in [6.45, 7) is 7.94. The van der Waals surface area contributed by atoms with E-state index in [-0.39, 0.29) is 6.04 Å². The van der Waals surface area contributed by atoms with Crippen molar-refractivity contribution in [2.75, 3.05) is 0 Å². The summed E-state index contributed by atoms with van der Waals surface area (Å²) in [4.78, 5) is 0. The van der Waals surface area contributed by atoms with Crippen molar-refractivity contribution in [3.63, 3.8) is 0 Å². The molecule has 0 radical (unpaired) electrons. The molecule has 0 fully saturated rings. The average molecular weight is 807 g/mol. The van der Waals surface area contributed by atoms with E-state index in [1.165, 1.54) is 39.0 Å². The molecule has 308 valence electrons. The van der Waals surface area contributed by atoms with Crippen molar-refractivity contribution in [2.45, 2.75) is 39.2 Å². The van der Waals surface area contributed by atoms with Crippen LogP contribution in [0, 0.1) is 6.92 Å². The molecule has 62 heavy (non-hydrogen) atoms. The predicted molar refractivity (Wildman–Crippen MR) is 270 cm³/mol. The largest absolute Gasteiger partial charge is 0.402 e. The van der Waals surface area contributed by atoms with E-state index in [1.807, 2.05) is 43.3 Å². The van der Waals surface area contributed by atoms with E-state index >= 15 is 0 Å². The smallest absolute Gasteiger partial charge is 0.0484 e. The van der Waals surface area contributed by atoms with E-state index in [4.69, 9.17) is 11.5 Å². The van der Waals surface area contributed by atoms with E-state index in [1.54, 1.807) is 6.08 Å². The highest BCUT2D eigenvalue weighted by Crippen LogP contribution is 2.33. The van der Waals surface area contributed by atoms with Crippen LogP contribution >= 0.6 is 0 Å². The second-order valence-corrected chi connectivity index (χ2v) is 15.3. The molecule has 4 N–H and O–H groups in total. The third-order valence-corrected chi connectivity index (χ3v) is 10.7. The van der Waals surface area contributed by atoms with Gasteiger partial charge in [0.05, 0.1) is 0 Å². The minimum atomic E-state index is -0.191. The topological polar surface area (TPSA) is 52.0 Å². The Bertz CT molecular complexity index is 2610. The maximum atomic E-state index is 6.76. The predicted octanol–water partition coefficient (Wildman–Crippen LogP) is 15.3. The summed E-state index contributed by atoms with van der Waals surface area (Å²) in [6.07, 6.45) is 31.4. The van der Waals surface area contributed by atoms with Crippen molar-refractivity contribution in [3.05, 3.63) is 276 Å². The third kappa shape index (κ3) is 13.1. The van der Waals surface area contributed by atoms with E-state index in [9.17, 15) is 0 Å². The molecule has 1 atom stereocenters. The first-order valence-electron chi connectivity index (χ1n) is 21.5. The van der Waals surface area contributed by atoms with Crippen LogP contribution in [0.1, 0.15) is 53.6 Å². The van der Waals surface area contributed by atoms with Gasteiger partial charge in [0, 0.05) is 17.3 Å². The molecule has 0 bridgehead atoms. The Labute approximate surface area is 370 Å². The van der Waals surface area contributed by atoms with Crippen LogP contribution in [-0.2, 0) is 6.42 Å². The molecule has 6 aromatic rings. The van der Waals surface area contributed by atoms with Crippen LogP contribution < -0.4 is 11.5 Å². The van der Waals surface area contributed by atoms with Crippen LogP contribution in [0.15, 0.2) is 248 Å². The minimum Gasteiger partial charge on any atom is -0.402 e. The van der Waals surface area contributed by atoms with Gasteiger partial charge in [-0.05, 0) is 100 Å². The number of nitrogens with two attached hydrogens (primary N) is 2. The number of rotatable bonds is 10. The van der Waals surface area contributed by atoms with Gasteiger partial charge in [-0.25, -0.2) is 0 Å². The Hall–Kier alpha value is -7.26. The summed E-state index contributed by atoms with van der Waals surface area (Å²) >= 11 is 0. The summed E-state index contributed by atoms with van der Waals surface area (Å²) in [5, 5.41) is 0. The number of allylic oxidation sites excluding steroid dienone is 15. The molecule has 2 nitrogen and oxygen atoms in total. The van der Waals surface area contributed by atoms with Gasteiger partial charge in [-0.2, -0.15) is 0 Å². The molecule has 0 aliphatic heterocycles. The van der Waals surface area contributed by atoms with Crippen molar-refractivity contribution in [3.8, 4) is 33.4 Å². The van der Waals surface area contributed by atoms with Gasteiger partial charge in [-0.1, -0.05) is 243 Å². The average Bonchev–Trinajstić information content (AvgIpc) is 3.33. The Kier molecular flexibility index (Phi) is 16.8. The Morgan fingerprint density at radius 3 is 1.94 bits per heavy atom. The first-order valence-corrected chi connectivity index (χ1v) is 21.5. The molecule has 0 saturated carbocycles. The highest BCUT2D eigenvalue weighted by molar-refractivity contribution is 5.81. The second kappa shape index (κ2) is 23.5. The van der Waals surface area contributed by atoms with Gasteiger partial charge in [0.25, 0.3) is 0 Å². The summed E-state index contributed by atoms with van der Waals surface area (Å²) in [5.41, 5.74) is 29.6. The van der Waals surface area contributed by atoms with Crippen molar-refractivity contribution in [2.24, 2.45) is 11.5 Å². The van der Waals surface area contributed by atoms with Gasteiger partial charge >= 0.3 is 0 Å². The summed E-state index contributed by atoms with van der Waals surface area (Å²) in [5.74, 6) is 0. The van der Waals surface area contributed by atoms with Crippen molar-refractivity contribution in [1.82, 2.24) is 0 Å². The molecule has 7 rings (SSSR count). The monoisotopic (exact) mass is 806 g/mol. The maximum absolute atomic E-state index is 6.76. The van der Waals surface area contributed by atoms with Gasteiger partial charge in [0.15, 0.2) is 0 Å². The molecule has 1 aliphatic rings. The molecular weight excluding hydrogens is 749 g/mol. The lowest BCUT2D eigenvalue weighted by Gasteiger charge is -2.17. The van der Waals surface area contributed by atoms with E-state index in [0.29, 0.717) is 0 Å². The third-order valence-electron chi connectivity index (χ3n) is 10.7. The first-order chi connectivity index (χ1) is 30.4. The molecular formula is C60H58N2. The zero-order chi connectivity index (χ0) is 43.4. The van der Waals surface area contributed by atoms with Crippen LogP contribution in [0.3, 0.4) is 0 Å². The zero-order valence-electron chi connectivity index (χ0n) is 36.1. The molecule has 2 heteroatoms. The lowest BCUT2D eigenvalue weighted by Crippen LogP contribution is -2.06. The summed E-state index contributed by atoms with van der Waals surface area (Å²) < 4.78 is 0. The fourth-order valence-electron chi connectivity index (χ4n) is 7.27. The van der Waals surface area contributed by atoms with Crippen LogP contribution in [0.2, 0.25) is 0 Å². The van der Waals surface area contributed by atoms with Gasteiger partial charge in [0.2, 0.25) is 0 Å². The van der Waals surface area contributed by atoms with Crippen molar-refractivity contribution in [1.29, 1.82) is 0 Å². The summed E-state index contributed by atoms with van der Waals surface area (Å²) in [7, 11) is 0. The number of hydrogen-bond donors (Lipinski definition) is 2. The molecule has 0 aromatic heterocycles. The lowest BCUT2D eigenvalue weighted by atomic mass is 9.89.